The van der Waals surface area contributed by atoms with E-state index in [2.05, 4.69) is 19.2 Å². The molecule has 5 heteroatoms. The topological polar surface area (TPSA) is 33.5 Å². The van der Waals surface area contributed by atoms with Crippen LogP contribution >= 0.6 is 11.3 Å². The summed E-state index contributed by atoms with van der Waals surface area (Å²) in [7, 11) is 0. The molecular weight excluding hydrogens is 256 g/mol. The Bertz CT molecular complexity index is 299. The van der Waals surface area contributed by atoms with Crippen molar-refractivity contribution in [3.05, 3.63) is 22.4 Å². The summed E-state index contributed by atoms with van der Waals surface area (Å²) >= 11 is 1.49. The van der Waals surface area contributed by atoms with E-state index in [-0.39, 0.29) is 18.3 Å². The molecule has 17 heavy (non-hydrogen) atoms. The van der Waals surface area contributed by atoms with E-state index in [1.807, 2.05) is 17.5 Å². The van der Waals surface area contributed by atoms with Gasteiger partial charge in [-0.1, -0.05) is 6.07 Å². The minimum absolute atomic E-state index is 0. The molecule has 0 saturated carbocycles. The lowest BCUT2D eigenvalue weighted by Crippen LogP contribution is -3.11. The van der Waals surface area contributed by atoms with Gasteiger partial charge in [-0.15, -0.1) is 11.3 Å². The van der Waals surface area contributed by atoms with Gasteiger partial charge in [0.05, 0.1) is 24.5 Å². The van der Waals surface area contributed by atoms with E-state index in [4.69, 9.17) is 0 Å². The van der Waals surface area contributed by atoms with Gasteiger partial charge in [0.15, 0.2) is 0 Å². The van der Waals surface area contributed by atoms with Crippen molar-refractivity contribution in [3.8, 4) is 0 Å². The van der Waals surface area contributed by atoms with Crippen molar-refractivity contribution in [2.24, 2.45) is 0 Å². The number of thiophene rings is 1. The summed E-state index contributed by atoms with van der Waals surface area (Å²) in [6, 6.07) is 3.76. The number of rotatable bonds is 7. The van der Waals surface area contributed by atoms with Crippen molar-refractivity contribution < 1.29 is 22.1 Å². The van der Waals surface area contributed by atoms with E-state index < -0.39 is 0 Å². The van der Waals surface area contributed by atoms with Crippen molar-refractivity contribution in [3.63, 3.8) is 0 Å². The van der Waals surface area contributed by atoms with Gasteiger partial charge in [0.1, 0.15) is 0 Å². The summed E-state index contributed by atoms with van der Waals surface area (Å²) in [5, 5.41) is 4.87. The fourth-order valence-electron chi connectivity index (χ4n) is 1.64. The molecule has 0 aliphatic carbocycles. The van der Waals surface area contributed by atoms with Crippen LogP contribution in [0.5, 0.6) is 0 Å². The molecule has 3 nitrogen and oxygen atoms in total. The molecular formula is C12H21ClN2OS. The summed E-state index contributed by atoms with van der Waals surface area (Å²) in [6.07, 6.45) is 1.05. The second-order valence-corrected chi connectivity index (χ2v) is 4.74. The molecule has 2 N–H and O–H groups in total. The first kappa shape index (κ1) is 16.4. The van der Waals surface area contributed by atoms with Crippen molar-refractivity contribution in [2.75, 3.05) is 26.2 Å². The van der Waals surface area contributed by atoms with Crippen LogP contribution in [0.25, 0.3) is 0 Å². The van der Waals surface area contributed by atoms with Gasteiger partial charge in [-0.2, -0.15) is 0 Å². The molecule has 1 aromatic heterocycles. The minimum Gasteiger partial charge on any atom is -1.00 e. The van der Waals surface area contributed by atoms with Crippen LogP contribution in [0, 0.1) is 0 Å². The molecule has 0 fully saturated rings. The summed E-state index contributed by atoms with van der Waals surface area (Å²) in [4.78, 5) is 14.0. The van der Waals surface area contributed by atoms with Gasteiger partial charge in [0.2, 0.25) is 0 Å². The molecule has 0 unspecified atom stereocenters. The summed E-state index contributed by atoms with van der Waals surface area (Å²) in [5.74, 6) is 0.0598. The van der Waals surface area contributed by atoms with Gasteiger partial charge in [-0.3, -0.25) is 4.79 Å². The van der Waals surface area contributed by atoms with Gasteiger partial charge < -0.3 is 22.6 Å². The Morgan fingerprint density at radius 3 is 2.65 bits per heavy atom. The lowest BCUT2D eigenvalue weighted by atomic mass is 10.3. The zero-order chi connectivity index (χ0) is 11.8. The van der Waals surface area contributed by atoms with Gasteiger partial charge in [0.25, 0.3) is 5.91 Å². The SMILES string of the molecule is CC[NH+](CC)CCCNC(=O)c1cccs1.[Cl-]. The predicted molar refractivity (Wildman–Crippen MR) is 68.2 cm³/mol. The van der Waals surface area contributed by atoms with E-state index in [1.165, 1.54) is 11.3 Å². The van der Waals surface area contributed by atoms with Crippen molar-refractivity contribution >= 4 is 17.2 Å². The molecule has 0 saturated heterocycles. The molecule has 0 aliphatic heterocycles. The highest BCUT2D eigenvalue weighted by Crippen LogP contribution is 2.07. The van der Waals surface area contributed by atoms with Crippen molar-refractivity contribution in [2.45, 2.75) is 20.3 Å². The zero-order valence-corrected chi connectivity index (χ0v) is 12.0. The third-order valence-electron chi connectivity index (χ3n) is 2.74. The van der Waals surface area contributed by atoms with Gasteiger partial charge in [0, 0.05) is 13.0 Å². The molecule has 0 aromatic carbocycles. The molecule has 1 rings (SSSR count). The van der Waals surface area contributed by atoms with Gasteiger partial charge in [-0.05, 0) is 25.3 Å². The molecule has 0 atom stereocenters. The highest BCUT2D eigenvalue weighted by atomic mass is 35.5. The quantitative estimate of drug-likeness (QED) is 0.545. The Morgan fingerprint density at radius 1 is 1.41 bits per heavy atom. The van der Waals surface area contributed by atoms with Crippen LogP contribution < -0.4 is 22.6 Å². The number of nitrogens with one attached hydrogen (secondary N) is 2. The number of carbonyl (C=O) groups is 1. The molecule has 0 aliphatic rings. The molecule has 0 bridgehead atoms. The average molecular weight is 277 g/mol. The number of quaternary nitrogens is 1. The lowest BCUT2D eigenvalue weighted by Gasteiger charge is -2.14. The number of amides is 1. The van der Waals surface area contributed by atoms with Crippen LogP contribution in [-0.2, 0) is 0 Å². The predicted octanol–water partition coefficient (Wildman–Crippen LogP) is -2.20. The second kappa shape index (κ2) is 9.45. The third-order valence-corrected chi connectivity index (χ3v) is 3.61. The second-order valence-electron chi connectivity index (χ2n) is 3.79. The van der Waals surface area contributed by atoms with Gasteiger partial charge >= 0.3 is 0 Å². The molecule has 0 spiro atoms. The molecule has 1 aromatic rings. The Labute approximate surface area is 114 Å². The summed E-state index contributed by atoms with van der Waals surface area (Å²) in [5.41, 5.74) is 0. The van der Waals surface area contributed by atoms with E-state index >= 15 is 0 Å². The van der Waals surface area contributed by atoms with Crippen LogP contribution in [0.3, 0.4) is 0 Å². The first-order chi connectivity index (χ1) is 7.77. The maximum Gasteiger partial charge on any atom is 0.261 e. The summed E-state index contributed by atoms with van der Waals surface area (Å²) in [6.45, 7) is 8.63. The molecule has 98 valence electrons. The van der Waals surface area contributed by atoms with E-state index in [1.54, 1.807) is 4.90 Å². The van der Waals surface area contributed by atoms with Crippen LogP contribution in [0.1, 0.15) is 29.9 Å². The number of halogens is 1. The van der Waals surface area contributed by atoms with Crippen LogP contribution in [-0.4, -0.2) is 32.1 Å². The first-order valence-electron chi connectivity index (χ1n) is 5.93. The fourth-order valence-corrected chi connectivity index (χ4v) is 2.28. The Balaban J connectivity index is 0.00000256. The largest absolute Gasteiger partial charge is 1.00 e. The van der Waals surface area contributed by atoms with Crippen LogP contribution in [0.4, 0.5) is 0 Å². The average Bonchev–Trinajstić information content (AvgIpc) is 2.82. The Hall–Kier alpha value is -0.580. The molecule has 1 amide bonds. The zero-order valence-electron chi connectivity index (χ0n) is 10.5. The minimum atomic E-state index is 0. The van der Waals surface area contributed by atoms with Crippen LogP contribution in [0.15, 0.2) is 17.5 Å². The maximum absolute atomic E-state index is 11.6. The van der Waals surface area contributed by atoms with Crippen molar-refractivity contribution in [1.29, 1.82) is 0 Å². The molecule has 0 radical (unpaired) electrons. The normalized spacial score (nSPS) is 10.1. The fraction of sp³-hybridized carbons (Fsp3) is 0.583. The Morgan fingerprint density at radius 2 is 2.12 bits per heavy atom. The standard InChI is InChI=1S/C12H20N2OS.ClH/c1-3-14(4-2)9-6-8-13-12(15)11-7-5-10-16-11;/h5,7,10H,3-4,6,8-9H2,1-2H3,(H,13,15);1H. The molecule has 1 heterocycles. The van der Waals surface area contributed by atoms with Crippen LogP contribution in [0.2, 0.25) is 0 Å². The van der Waals surface area contributed by atoms with Crippen molar-refractivity contribution in [1.82, 2.24) is 5.32 Å². The highest BCUT2D eigenvalue weighted by Gasteiger charge is 2.06. The number of hydrogen-bond donors (Lipinski definition) is 2. The number of carbonyl (C=O) groups excluding carboxylic acids is 1. The van der Waals surface area contributed by atoms with Gasteiger partial charge in [-0.25, -0.2) is 0 Å². The smallest absolute Gasteiger partial charge is 0.261 e. The Kier molecular flexibility index (Phi) is 9.13. The number of hydrogen-bond acceptors (Lipinski definition) is 2. The monoisotopic (exact) mass is 276 g/mol. The lowest BCUT2D eigenvalue weighted by molar-refractivity contribution is -0.896. The van der Waals surface area contributed by atoms with E-state index in [9.17, 15) is 4.79 Å². The van der Waals surface area contributed by atoms with E-state index in [0.717, 1.165) is 37.5 Å². The highest BCUT2D eigenvalue weighted by molar-refractivity contribution is 7.12. The van der Waals surface area contributed by atoms with E-state index in [0.29, 0.717) is 0 Å². The summed E-state index contributed by atoms with van der Waals surface area (Å²) < 4.78 is 0. The third kappa shape index (κ3) is 6.05. The first-order valence-corrected chi connectivity index (χ1v) is 6.81. The maximum atomic E-state index is 11.6.